The molecule has 2 N–H and O–H groups in total. The van der Waals surface area contributed by atoms with Crippen LogP contribution >= 0.6 is 0 Å². The molecule has 0 aromatic rings. The second kappa shape index (κ2) is 5.52. The van der Waals surface area contributed by atoms with Crippen LogP contribution in [0.4, 0.5) is 0 Å². The van der Waals surface area contributed by atoms with Gasteiger partial charge in [-0.2, -0.15) is 0 Å². The van der Waals surface area contributed by atoms with E-state index in [0.717, 1.165) is 25.7 Å². The summed E-state index contributed by atoms with van der Waals surface area (Å²) in [5, 5.41) is 11.8. The van der Waals surface area contributed by atoms with Crippen LogP contribution in [0.2, 0.25) is 0 Å². The molecule has 1 rings (SSSR count). The minimum absolute atomic E-state index is 0.0156. The highest BCUT2D eigenvalue weighted by atomic mass is 16.4. The Morgan fingerprint density at radius 2 is 1.82 bits per heavy atom. The van der Waals surface area contributed by atoms with E-state index in [4.69, 9.17) is 5.11 Å². The molecule has 0 radical (unpaired) electrons. The highest BCUT2D eigenvalue weighted by molar-refractivity contribution is 5.83. The monoisotopic (exact) mass is 241 g/mol. The van der Waals surface area contributed by atoms with E-state index in [1.807, 2.05) is 20.8 Å². The summed E-state index contributed by atoms with van der Waals surface area (Å²) in [5.41, 5.74) is -0.278. The molecule has 0 heterocycles. The first kappa shape index (κ1) is 14.0. The van der Waals surface area contributed by atoms with Gasteiger partial charge in [0.05, 0.1) is 5.92 Å². The quantitative estimate of drug-likeness (QED) is 0.774. The van der Waals surface area contributed by atoms with Crippen molar-refractivity contribution in [3.05, 3.63) is 0 Å². The SMILES string of the molecule is CC(C)C(CNC(=O)C1(C)CCCC1)C(=O)O. The molecule has 4 nitrogen and oxygen atoms in total. The van der Waals surface area contributed by atoms with E-state index in [2.05, 4.69) is 5.32 Å². The van der Waals surface area contributed by atoms with Crippen molar-refractivity contribution in [1.29, 1.82) is 0 Å². The molecule has 0 bridgehead atoms. The van der Waals surface area contributed by atoms with Crippen molar-refractivity contribution in [1.82, 2.24) is 5.32 Å². The first-order valence-corrected chi connectivity index (χ1v) is 6.38. The molecular weight excluding hydrogens is 218 g/mol. The van der Waals surface area contributed by atoms with E-state index in [0.29, 0.717) is 0 Å². The van der Waals surface area contributed by atoms with Gasteiger partial charge in [0.15, 0.2) is 0 Å². The molecule has 98 valence electrons. The van der Waals surface area contributed by atoms with Gasteiger partial charge in [-0.1, -0.05) is 33.6 Å². The highest BCUT2D eigenvalue weighted by Gasteiger charge is 2.36. The molecule has 4 heteroatoms. The van der Waals surface area contributed by atoms with Crippen LogP contribution in [0, 0.1) is 17.3 Å². The number of carbonyl (C=O) groups excluding carboxylic acids is 1. The maximum Gasteiger partial charge on any atom is 0.308 e. The molecule has 1 aliphatic rings. The van der Waals surface area contributed by atoms with Crippen molar-refractivity contribution in [3.8, 4) is 0 Å². The zero-order valence-corrected chi connectivity index (χ0v) is 11.0. The molecule has 0 aromatic carbocycles. The van der Waals surface area contributed by atoms with E-state index >= 15 is 0 Å². The molecule has 1 fully saturated rings. The lowest BCUT2D eigenvalue weighted by Crippen LogP contribution is -2.42. The lowest BCUT2D eigenvalue weighted by molar-refractivity contribution is -0.143. The Morgan fingerprint density at radius 3 is 2.24 bits per heavy atom. The topological polar surface area (TPSA) is 66.4 Å². The number of carbonyl (C=O) groups is 2. The van der Waals surface area contributed by atoms with Crippen LogP contribution in [-0.2, 0) is 9.59 Å². The van der Waals surface area contributed by atoms with Crippen LogP contribution in [0.25, 0.3) is 0 Å². The van der Waals surface area contributed by atoms with Crippen LogP contribution in [0.5, 0.6) is 0 Å². The van der Waals surface area contributed by atoms with Gasteiger partial charge in [0.2, 0.25) is 5.91 Å². The summed E-state index contributed by atoms with van der Waals surface area (Å²) in [6.45, 7) is 5.94. The van der Waals surface area contributed by atoms with Gasteiger partial charge in [-0.15, -0.1) is 0 Å². The van der Waals surface area contributed by atoms with E-state index < -0.39 is 11.9 Å². The lowest BCUT2D eigenvalue weighted by Gasteiger charge is -2.24. The fourth-order valence-corrected chi connectivity index (χ4v) is 2.41. The summed E-state index contributed by atoms with van der Waals surface area (Å²) in [6, 6.07) is 0. The number of hydrogen-bond donors (Lipinski definition) is 2. The molecular formula is C13H23NO3. The molecule has 0 aliphatic heterocycles. The standard InChI is InChI=1S/C13H23NO3/c1-9(2)10(11(15)16)8-14-12(17)13(3)6-4-5-7-13/h9-10H,4-8H2,1-3H3,(H,14,17)(H,15,16). The number of hydrogen-bond acceptors (Lipinski definition) is 2. The van der Waals surface area contributed by atoms with Crippen LogP contribution in [-0.4, -0.2) is 23.5 Å². The van der Waals surface area contributed by atoms with E-state index in [9.17, 15) is 9.59 Å². The summed E-state index contributed by atoms with van der Waals surface area (Å²) < 4.78 is 0. The Hall–Kier alpha value is -1.06. The van der Waals surface area contributed by atoms with Crippen LogP contribution < -0.4 is 5.32 Å². The average molecular weight is 241 g/mol. The third-order valence-electron chi connectivity index (χ3n) is 3.86. The Balaban J connectivity index is 2.49. The number of aliphatic carboxylic acids is 1. The van der Waals surface area contributed by atoms with E-state index in [1.165, 1.54) is 0 Å². The molecule has 1 amide bonds. The van der Waals surface area contributed by atoms with Crippen LogP contribution in [0.3, 0.4) is 0 Å². The van der Waals surface area contributed by atoms with Crippen molar-refractivity contribution in [2.45, 2.75) is 46.5 Å². The third kappa shape index (κ3) is 3.45. The first-order chi connectivity index (χ1) is 7.87. The second-order valence-electron chi connectivity index (χ2n) is 5.67. The van der Waals surface area contributed by atoms with Gasteiger partial charge in [0.1, 0.15) is 0 Å². The van der Waals surface area contributed by atoms with Gasteiger partial charge < -0.3 is 10.4 Å². The number of amides is 1. The summed E-state index contributed by atoms with van der Waals surface area (Å²) >= 11 is 0. The molecule has 17 heavy (non-hydrogen) atoms. The maximum absolute atomic E-state index is 12.0. The molecule has 1 saturated carbocycles. The Labute approximate surface area is 103 Å². The second-order valence-corrected chi connectivity index (χ2v) is 5.67. The van der Waals surface area contributed by atoms with Crippen LogP contribution in [0.15, 0.2) is 0 Å². The van der Waals surface area contributed by atoms with Crippen LogP contribution in [0.1, 0.15) is 46.5 Å². The summed E-state index contributed by atoms with van der Waals surface area (Å²) in [4.78, 5) is 23.0. The Kier molecular flexibility index (Phi) is 4.54. The van der Waals surface area contributed by atoms with Gasteiger partial charge in [0.25, 0.3) is 0 Å². The van der Waals surface area contributed by atoms with Gasteiger partial charge in [-0.05, 0) is 18.8 Å². The van der Waals surface area contributed by atoms with Gasteiger partial charge >= 0.3 is 5.97 Å². The molecule has 0 aromatic heterocycles. The number of nitrogens with one attached hydrogen (secondary N) is 1. The van der Waals surface area contributed by atoms with Crippen molar-refractivity contribution in [3.63, 3.8) is 0 Å². The van der Waals surface area contributed by atoms with Crippen molar-refractivity contribution < 1.29 is 14.7 Å². The third-order valence-corrected chi connectivity index (χ3v) is 3.86. The summed E-state index contributed by atoms with van der Waals surface area (Å²) in [5.74, 6) is -1.29. The zero-order chi connectivity index (χ0) is 13.1. The van der Waals surface area contributed by atoms with Crippen molar-refractivity contribution in [2.75, 3.05) is 6.54 Å². The molecule has 1 unspecified atom stereocenters. The van der Waals surface area contributed by atoms with E-state index in [1.54, 1.807) is 0 Å². The highest BCUT2D eigenvalue weighted by Crippen LogP contribution is 2.37. The first-order valence-electron chi connectivity index (χ1n) is 6.38. The van der Waals surface area contributed by atoms with Crippen molar-refractivity contribution in [2.24, 2.45) is 17.3 Å². The maximum atomic E-state index is 12.0. The summed E-state index contributed by atoms with van der Waals surface area (Å²) in [6.07, 6.45) is 4.02. The Morgan fingerprint density at radius 1 is 1.29 bits per heavy atom. The molecule has 1 aliphatic carbocycles. The lowest BCUT2D eigenvalue weighted by atomic mass is 9.87. The fourth-order valence-electron chi connectivity index (χ4n) is 2.41. The molecule has 0 saturated heterocycles. The van der Waals surface area contributed by atoms with E-state index in [-0.39, 0.29) is 23.8 Å². The Bertz CT molecular complexity index is 293. The number of carboxylic acids is 1. The number of rotatable bonds is 5. The predicted octanol–water partition coefficient (Wildman–Crippen LogP) is 2.04. The van der Waals surface area contributed by atoms with Gasteiger partial charge in [-0.25, -0.2) is 0 Å². The molecule has 1 atom stereocenters. The van der Waals surface area contributed by atoms with Gasteiger partial charge in [-0.3, -0.25) is 9.59 Å². The number of carboxylic acid groups (broad SMARTS) is 1. The molecule has 0 spiro atoms. The largest absolute Gasteiger partial charge is 0.481 e. The normalized spacial score (nSPS) is 20.2. The summed E-state index contributed by atoms with van der Waals surface area (Å²) in [7, 11) is 0. The average Bonchev–Trinajstić information content (AvgIpc) is 2.65. The zero-order valence-electron chi connectivity index (χ0n) is 11.0. The predicted molar refractivity (Wildman–Crippen MR) is 65.5 cm³/mol. The van der Waals surface area contributed by atoms with Crippen molar-refractivity contribution >= 4 is 11.9 Å². The van der Waals surface area contributed by atoms with Gasteiger partial charge in [0, 0.05) is 12.0 Å². The minimum atomic E-state index is -0.836. The smallest absolute Gasteiger partial charge is 0.308 e. The fraction of sp³-hybridized carbons (Fsp3) is 0.846. The minimum Gasteiger partial charge on any atom is -0.481 e.